The van der Waals surface area contributed by atoms with Gasteiger partial charge < -0.3 is 5.32 Å². The van der Waals surface area contributed by atoms with Crippen LogP contribution in [-0.2, 0) is 5.41 Å². The number of halogens is 1. The molecule has 0 heterocycles. The summed E-state index contributed by atoms with van der Waals surface area (Å²) < 4.78 is 13.1. The van der Waals surface area contributed by atoms with E-state index in [9.17, 15) is 4.39 Å². The molecular formula is C17H24FN. The van der Waals surface area contributed by atoms with E-state index < -0.39 is 0 Å². The van der Waals surface area contributed by atoms with Crippen LogP contribution in [0.1, 0.15) is 45.1 Å². The van der Waals surface area contributed by atoms with Crippen LogP contribution in [0.15, 0.2) is 35.9 Å². The summed E-state index contributed by atoms with van der Waals surface area (Å²) >= 11 is 0. The Balaban J connectivity index is 2.29. The lowest BCUT2D eigenvalue weighted by Gasteiger charge is -2.37. The van der Waals surface area contributed by atoms with Gasteiger partial charge in [0, 0.05) is 11.5 Å². The Hall–Kier alpha value is -1.15. The highest BCUT2D eigenvalue weighted by Crippen LogP contribution is 2.34. The molecule has 0 spiro atoms. The molecule has 0 aliphatic heterocycles. The summed E-state index contributed by atoms with van der Waals surface area (Å²) in [4.78, 5) is 0. The van der Waals surface area contributed by atoms with Gasteiger partial charge in [-0.15, -0.1) is 0 Å². The van der Waals surface area contributed by atoms with Crippen LogP contribution < -0.4 is 5.32 Å². The van der Waals surface area contributed by atoms with Gasteiger partial charge in [-0.25, -0.2) is 4.39 Å². The van der Waals surface area contributed by atoms with Gasteiger partial charge in [-0.2, -0.15) is 0 Å². The number of nitrogens with one attached hydrogen (secondary N) is 1. The van der Waals surface area contributed by atoms with Gasteiger partial charge in [0.05, 0.1) is 0 Å². The SMILES string of the molecule is CNC(C1=CCCCC1)C(C)(C)c1ccc(F)cc1. The Kier molecular flexibility index (Phi) is 4.41. The topological polar surface area (TPSA) is 12.0 Å². The Morgan fingerprint density at radius 1 is 1.16 bits per heavy atom. The second-order valence-corrected chi connectivity index (χ2v) is 5.98. The van der Waals surface area contributed by atoms with E-state index in [1.807, 2.05) is 19.2 Å². The van der Waals surface area contributed by atoms with Crippen LogP contribution in [0.3, 0.4) is 0 Å². The van der Waals surface area contributed by atoms with Crippen molar-refractivity contribution in [1.29, 1.82) is 0 Å². The van der Waals surface area contributed by atoms with Crippen molar-refractivity contribution in [3.05, 3.63) is 47.3 Å². The maximum absolute atomic E-state index is 13.1. The molecule has 0 radical (unpaired) electrons. The van der Waals surface area contributed by atoms with Crippen LogP contribution in [0.5, 0.6) is 0 Å². The van der Waals surface area contributed by atoms with Crippen LogP contribution in [0.4, 0.5) is 4.39 Å². The highest BCUT2D eigenvalue weighted by Gasteiger charge is 2.32. The Morgan fingerprint density at radius 2 is 1.84 bits per heavy atom. The fraction of sp³-hybridized carbons (Fsp3) is 0.529. The zero-order chi connectivity index (χ0) is 13.9. The molecule has 19 heavy (non-hydrogen) atoms. The molecule has 1 N–H and O–H groups in total. The Bertz CT molecular complexity index is 445. The number of likely N-dealkylation sites (N-methyl/N-ethyl adjacent to an activating group) is 1. The lowest BCUT2D eigenvalue weighted by atomic mass is 9.73. The quantitative estimate of drug-likeness (QED) is 0.801. The minimum atomic E-state index is -0.169. The fourth-order valence-electron chi connectivity index (χ4n) is 3.18. The van der Waals surface area contributed by atoms with Crippen molar-refractivity contribution >= 4 is 0 Å². The molecule has 1 aromatic carbocycles. The molecule has 0 saturated heterocycles. The molecule has 1 unspecified atom stereocenters. The largest absolute Gasteiger partial charge is 0.313 e. The number of hydrogen-bond acceptors (Lipinski definition) is 1. The number of rotatable bonds is 4. The van der Waals surface area contributed by atoms with E-state index in [-0.39, 0.29) is 11.2 Å². The third-order valence-electron chi connectivity index (χ3n) is 4.30. The summed E-state index contributed by atoms with van der Waals surface area (Å²) in [5.41, 5.74) is 2.65. The molecule has 1 aromatic rings. The Morgan fingerprint density at radius 3 is 2.37 bits per heavy atom. The van der Waals surface area contributed by atoms with Crippen LogP contribution in [0.2, 0.25) is 0 Å². The van der Waals surface area contributed by atoms with Crippen LogP contribution in [0, 0.1) is 5.82 Å². The monoisotopic (exact) mass is 261 g/mol. The fourth-order valence-corrected chi connectivity index (χ4v) is 3.18. The van der Waals surface area contributed by atoms with Gasteiger partial charge in [0.15, 0.2) is 0 Å². The summed E-state index contributed by atoms with van der Waals surface area (Å²) in [5.74, 6) is -0.169. The molecule has 1 nitrogen and oxygen atoms in total. The van der Waals surface area contributed by atoms with E-state index >= 15 is 0 Å². The smallest absolute Gasteiger partial charge is 0.123 e. The normalized spacial score (nSPS) is 18.0. The predicted octanol–water partition coefficient (Wildman–Crippen LogP) is 4.19. The lowest BCUT2D eigenvalue weighted by molar-refractivity contribution is 0.385. The number of allylic oxidation sites excluding steroid dienone is 1. The third-order valence-corrected chi connectivity index (χ3v) is 4.30. The molecule has 1 aliphatic rings. The maximum atomic E-state index is 13.1. The van der Waals surface area contributed by atoms with Crippen LogP contribution >= 0.6 is 0 Å². The lowest BCUT2D eigenvalue weighted by Crippen LogP contribution is -2.44. The second-order valence-electron chi connectivity index (χ2n) is 5.98. The van der Waals surface area contributed by atoms with Crippen molar-refractivity contribution in [2.24, 2.45) is 0 Å². The second kappa shape index (κ2) is 5.87. The summed E-state index contributed by atoms with van der Waals surface area (Å²) in [6.07, 6.45) is 7.33. The molecule has 1 atom stereocenters. The van der Waals surface area contributed by atoms with E-state index in [0.717, 1.165) is 0 Å². The first-order chi connectivity index (χ1) is 9.05. The maximum Gasteiger partial charge on any atom is 0.123 e. The van der Waals surface area contributed by atoms with Crippen LogP contribution in [-0.4, -0.2) is 13.1 Å². The molecule has 1 aliphatic carbocycles. The molecule has 0 fully saturated rings. The molecule has 0 amide bonds. The first kappa shape index (κ1) is 14.3. The average Bonchev–Trinajstić information content (AvgIpc) is 2.41. The predicted molar refractivity (Wildman–Crippen MR) is 78.8 cm³/mol. The highest BCUT2D eigenvalue weighted by atomic mass is 19.1. The van der Waals surface area contributed by atoms with Gasteiger partial charge in [0.2, 0.25) is 0 Å². The van der Waals surface area contributed by atoms with Gasteiger partial charge in [0.25, 0.3) is 0 Å². The van der Waals surface area contributed by atoms with E-state index in [1.54, 1.807) is 12.1 Å². The van der Waals surface area contributed by atoms with Crippen molar-refractivity contribution in [2.75, 3.05) is 7.05 Å². The molecule has 104 valence electrons. The number of benzene rings is 1. The van der Waals surface area contributed by atoms with Gasteiger partial charge in [-0.1, -0.05) is 37.6 Å². The summed E-state index contributed by atoms with van der Waals surface area (Å²) in [6.45, 7) is 4.47. The Labute approximate surface area is 115 Å². The van der Waals surface area contributed by atoms with E-state index in [1.165, 1.54) is 36.8 Å². The van der Waals surface area contributed by atoms with Crippen molar-refractivity contribution in [3.63, 3.8) is 0 Å². The minimum Gasteiger partial charge on any atom is -0.313 e. The van der Waals surface area contributed by atoms with Gasteiger partial charge in [0.1, 0.15) is 5.82 Å². The van der Waals surface area contributed by atoms with Crippen molar-refractivity contribution in [3.8, 4) is 0 Å². The summed E-state index contributed by atoms with van der Waals surface area (Å²) in [6, 6.07) is 7.24. The molecule has 2 rings (SSSR count). The van der Waals surface area contributed by atoms with E-state index in [4.69, 9.17) is 0 Å². The first-order valence-corrected chi connectivity index (χ1v) is 7.18. The average molecular weight is 261 g/mol. The van der Waals surface area contributed by atoms with Gasteiger partial charge in [-0.3, -0.25) is 0 Å². The molecule has 2 heteroatoms. The zero-order valence-electron chi connectivity index (χ0n) is 12.2. The molecular weight excluding hydrogens is 237 g/mol. The van der Waals surface area contributed by atoms with Gasteiger partial charge >= 0.3 is 0 Å². The van der Waals surface area contributed by atoms with Crippen molar-refractivity contribution in [2.45, 2.75) is 51.0 Å². The first-order valence-electron chi connectivity index (χ1n) is 7.18. The molecule has 0 saturated carbocycles. The third kappa shape index (κ3) is 3.06. The number of hydrogen-bond donors (Lipinski definition) is 1. The van der Waals surface area contributed by atoms with Crippen LogP contribution in [0.25, 0.3) is 0 Å². The van der Waals surface area contributed by atoms with Crippen molar-refractivity contribution in [1.82, 2.24) is 5.32 Å². The van der Waals surface area contributed by atoms with E-state index in [0.29, 0.717) is 6.04 Å². The molecule has 0 bridgehead atoms. The van der Waals surface area contributed by atoms with E-state index in [2.05, 4.69) is 25.2 Å². The standard InChI is InChI=1S/C17H24FN/c1-17(2,14-9-11-15(18)12-10-14)16(19-3)13-7-5-4-6-8-13/h7,9-12,16,19H,4-6,8H2,1-3H3. The highest BCUT2D eigenvalue weighted by molar-refractivity contribution is 5.32. The summed E-state index contributed by atoms with van der Waals surface area (Å²) in [7, 11) is 2.02. The zero-order valence-corrected chi connectivity index (χ0v) is 12.2. The minimum absolute atomic E-state index is 0.0361. The van der Waals surface area contributed by atoms with Crippen molar-refractivity contribution < 1.29 is 4.39 Å². The van der Waals surface area contributed by atoms with Gasteiger partial charge in [-0.05, 0) is 50.4 Å². The summed E-state index contributed by atoms with van der Waals surface area (Å²) in [5, 5.41) is 3.46. The molecule has 0 aromatic heterocycles.